The summed E-state index contributed by atoms with van der Waals surface area (Å²) in [5, 5.41) is 2.89. The van der Waals surface area contributed by atoms with E-state index in [0.29, 0.717) is 12.2 Å². The second-order valence-electron chi connectivity index (χ2n) is 6.02. The number of sulfone groups is 1. The lowest BCUT2D eigenvalue weighted by molar-refractivity contribution is -0.128. The number of hydrogen-bond donors (Lipinski definition) is 1. The number of benzene rings is 2. The van der Waals surface area contributed by atoms with Gasteiger partial charge in [-0.05, 0) is 55.3 Å². The van der Waals surface area contributed by atoms with Crippen LogP contribution in [-0.2, 0) is 14.6 Å². The van der Waals surface area contributed by atoms with Gasteiger partial charge in [0.1, 0.15) is 11.6 Å². The summed E-state index contributed by atoms with van der Waals surface area (Å²) in [6.45, 7) is 3.53. The van der Waals surface area contributed by atoms with Gasteiger partial charge in [-0.25, -0.2) is 12.8 Å². The average Bonchev–Trinajstić information content (AvgIpc) is 2.60. The third-order valence-corrected chi connectivity index (χ3v) is 5.06. The molecule has 0 aliphatic rings. The minimum Gasteiger partial charge on any atom is -0.481 e. The van der Waals surface area contributed by atoms with Crippen LogP contribution in [0.3, 0.4) is 0 Å². The Labute approximate surface area is 153 Å². The van der Waals surface area contributed by atoms with E-state index in [1.165, 1.54) is 36.4 Å². The number of ether oxygens (including phenoxy) is 1. The second kappa shape index (κ2) is 8.31. The quantitative estimate of drug-likeness (QED) is 0.801. The van der Waals surface area contributed by atoms with E-state index < -0.39 is 15.9 Å². The van der Waals surface area contributed by atoms with Gasteiger partial charge in [0, 0.05) is 6.26 Å². The smallest absolute Gasteiger partial charge is 0.261 e. The summed E-state index contributed by atoms with van der Waals surface area (Å²) in [6.07, 6.45) is 1.02. The summed E-state index contributed by atoms with van der Waals surface area (Å²) in [7, 11) is -3.26. The van der Waals surface area contributed by atoms with E-state index in [4.69, 9.17) is 4.74 Å². The number of nitrogens with one attached hydrogen (secondary N) is 1. The summed E-state index contributed by atoms with van der Waals surface area (Å²) in [5.41, 5.74) is 0.808. The summed E-state index contributed by atoms with van der Waals surface area (Å²) < 4.78 is 41.5. The van der Waals surface area contributed by atoms with Gasteiger partial charge in [0.05, 0.1) is 10.9 Å². The van der Waals surface area contributed by atoms with Crippen LogP contribution in [0.25, 0.3) is 0 Å². The first-order valence-electron chi connectivity index (χ1n) is 8.23. The van der Waals surface area contributed by atoms with Crippen molar-refractivity contribution in [2.75, 3.05) is 6.26 Å². The SMILES string of the molecule is CC[C@@H](NC(=O)[C@@H](C)Oc1ccc(F)cc1)c1ccc(S(C)(=O)=O)cc1. The van der Waals surface area contributed by atoms with Crippen LogP contribution >= 0.6 is 0 Å². The Bertz CT molecular complexity index is 848. The summed E-state index contributed by atoms with van der Waals surface area (Å²) >= 11 is 0. The number of hydrogen-bond acceptors (Lipinski definition) is 4. The van der Waals surface area contributed by atoms with Gasteiger partial charge in [0.15, 0.2) is 15.9 Å². The highest BCUT2D eigenvalue weighted by molar-refractivity contribution is 7.90. The molecule has 0 bridgehead atoms. The van der Waals surface area contributed by atoms with Crippen molar-refractivity contribution in [1.29, 1.82) is 0 Å². The Balaban J connectivity index is 2.04. The van der Waals surface area contributed by atoms with Crippen LogP contribution < -0.4 is 10.1 Å². The van der Waals surface area contributed by atoms with E-state index >= 15 is 0 Å². The third kappa shape index (κ3) is 5.29. The van der Waals surface area contributed by atoms with Gasteiger partial charge in [0.2, 0.25) is 0 Å². The zero-order valence-electron chi connectivity index (χ0n) is 14.9. The van der Waals surface area contributed by atoms with Gasteiger partial charge >= 0.3 is 0 Å². The van der Waals surface area contributed by atoms with E-state index in [1.54, 1.807) is 19.1 Å². The maximum absolute atomic E-state index is 12.9. The molecule has 1 amide bonds. The van der Waals surface area contributed by atoms with Gasteiger partial charge in [0.25, 0.3) is 5.91 Å². The Morgan fingerprint density at radius 2 is 1.69 bits per heavy atom. The van der Waals surface area contributed by atoms with Gasteiger partial charge in [-0.15, -0.1) is 0 Å². The molecule has 0 aromatic heterocycles. The predicted molar refractivity (Wildman–Crippen MR) is 97.2 cm³/mol. The van der Waals surface area contributed by atoms with Crippen LogP contribution in [0.5, 0.6) is 5.75 Å². The summed E-state index contributed by atoms with van der Waals surface area (Å²) in [5.74, 6) is -0.286. The molecule has 0 aliphatic carbocycles. The molecule has 0 aliphatic heterocycles. The molecule has 26 heavy (non-hydrogen) atoms. The van der Waals surface area contributed by atoms with Crippen molar-refractivity contribution in [3.05, 3.63) is 59.9 Å². The molecule has 2 aromatic carbocycles. The highest BCUT2D eigenvalue weighted by Crippen LogP contribution is 2.20. The lowest BCUT2D eigenvalue weighted by Gasteiger charge is -2.21. The molecule has 2 atom stereocenters. The van der Waals surface area contributed by atoms with Crippen molar-refractivity contribution < 1.29 is 22.3 Å². The zero-order chi connectivity index (χ0) is 19.3. The average molecular weight is 379 g/mol. The molecular weight excluding hydrogens is 357 g/mol. The van der Waals surface area contributed by atoms with E-state index in [0.717, 1.165) is 11.8 Å². The number of carbonyl (C=O) groups excluding carboxylic acids is 1. The van der Waals surface area contributed by atoms with Crippen molar-refractivity contribution in [3.63, 3.8) is 0 Å². The molecule has 0 fully saturated rings. The Morgan fingerprint density at radius 3 is 2.19 bits per heavy atom. The standard InChI is InChI=1S/C19H22FNO4S/c1-4-18(14-5-11-17(12-6-14)26(3,23)24)21-19(22)13(2)25-16-9-7-15(20)8-10-16/h5-13,18H,4H2,1-3H3,(H,21,22)/t13-,18-/m1/s1. The first kappa shape index (κ1) is 19.9. The Kier molecular flexibility index (Phi) is 6.37. The number of halogens is 1. The molecule has 0 spiro atoms. The molecule has 2 rings (SSSR count). The lowest BCUT2D eigenvalue weighted by atomic mass is 10.0. The Hall–Kier alpha value is -2.41. The topological polar surface area (TPSA) is 72.5 Å². The first-order valence-corrected chi connectivity index (χ1v) is 10.1. The molecule has 0 saturated carbocycles. The summed E-state index contributed by atoms with van der Waals surface area (Å²) in [4.78, 5) is 12.6. The maximum Gasteiger partial charge on any atom is 0.261 e. The van der Waals surface area contributed by atoms with Gasteiger partial charge in [-0.3, -0.25) is 4.79 Å². The van der Waals surface area contributed by atoms with E-state index in [9.17, 15) is 17.6 Å². The minimum absolute atomic E-state index is 0.232. The minimum atomic E-state index is -3.26. The fraction of sp³-hybridized carbons (Fsp3) is 0.316. The lowest BCUT2D eigenvalue weighted by Crippen LogP contribution is -2.38. The van der Waals surface area contributed by atoms with Gasteiger partial charge in [-0.2, -0.15) is 0 Å². The van der Waals surface area contributed by atoms with Crippen LogP contribution in [0.2, 0.25) is 0 Å². The summed E-state index contributed by atoms with van der Waals surface area (Å²) in [6, 6.07) is 11.6. The Morgan fingerprint density at radius 1 is 1.12 bits per heavy atom. The molecule has 140 valence electrons. The first-order chi connectivity index (χ1) is 12.2. The fourth-order valence-corrected chi connectivity index (χ4v) is 3.06. The third-order valence-electron chi connectivity index (χ3n) is 3.93. The predicted octanol–water partition coefficient (Wildman–Crippen LogP) is 3.26. The van der Waals surface area contributed by atoms with Crippen LogP contribution in [-0.4, -0.2) is 26.7 Å². The van der Waals surface area contributed by atoms with E-state index in [2.05, 4.69) is 5.32 Å². The molecule has 0 unspecified atom stereocenters. The van der Waals surface area contributed by atoms with E-state index in [-0.39, 0.29) is 22.7 Å². The number of amides is 1. The van der Waals surface area contributed by atoms with Crippen LogP contribution in [0.4, 0.5) is 4.39 Å². The van der Waals surface area contributed by atoms with Crippen LogP contribution in [0.15, 0.2) is 53.4 Å². The van der Waals surface area contributed by atoms with E-state index in [1.807, 2.05) is 6.92 Å². The fourth-order valence-electron chi connectivity index (χ4n) is 2.43. The monoisotopic (exact) mass is 379 g/mol. The van der Waals surface area contributed by atoms with Crippen molar-refractivity contribution in [3.8, 4) is 5.75 Å². The molecular formula is C19H22FNO4S. The molecule has 0 radical (unpaired) electrons. The van der Waals surface area contributed by atoms with Gasteiger partial charge < -0.3 is 10.1 Å². The molecule has 5 nitrogen and oxygen atoms in total. The van der Waals surface area contributed by atoms with Gasteiger partial charge in [-0.1, -0.05) is 19.1 Å². The molecule has 1 N–H and O–H groups in total. The number of carbonyl (C=O) groups is 1. The van der Waals surface area contributed by atoms with Crippen LogP contribution in [0, 0.1) is 5.82 Å². The highest BCUT2D eigenvalue weighted by atomic mass is 32.2. The second-order valence-corrected chi connectivity index (χ2v) is 8.04. The van der Waals surface area contributed by atoms with Crippen molar-refractivity contribution in [2.24, 2.45) is 0 Å². The highest BCUT2D eigenvalue weighted by Gasteiger charge is 2.20. The van der Waals surface area contributed by atoms with Crippen molar-refractivity contribution in [2.45, 2.75) is 37.3 Å². The molecule has 2 aromatic rings. The number of rotatable bonds is 7. The zero-order valence-corrected chi connectivity index (χ0v) is 15.7. The largest absolute Gasteiger partial charge is 0.481 e. The normalized spacial score (nSPS) is 13.7. The maximum atomic E-state index is 12.9. The van der Waals surface area contributed by atoms with Crippen molar-refractivity contribution >= 4 is 15.7 Å². The van der Waals surface area contributed by atoms with Crippen LogP contribution in [0.1, 0.15) is 31.9 Å². The molecule has 0 heterocycles. The van der Waals surface area contributed by atoms with Crippen molar-refractivity contribution in [1.82, 2.24) is 5.32 Å². The molecule has 7 heteroatoms. The molecule has 0 saturated heterocycles.